The van der Waals surface area contributed by atoms with Gasteiger partial charge in [-0.3, -0.25) is 0 Å². The van der Waals surface area contributed by atoms with Gasteiger partial charge in [-0.2, -0.15) is 4.98 Å². The van der Waals surface area contributed by atoms with E-state index in [0.717, 1.165) is 12.1 Å². The Bertz CT molecular complexity index is 563. The standard InChI is InChI=1S/C13H13Cl2N3O/c1-2-16-13-17-7-11(15)12(18-13)19-8-9-4-3-5-10(14)6-9/h3-7H,2,8H2,1H3,(H,16,17,18). The zero-order chi connectivity index (χ0) is 13.7. The molecule has 0 radical (unpaired) electrons. The van der Waals surface area contributed by atoms with Crippen molar-refractivity contribution in [3.63, 3.8) is 0 Å². The van der Waals surface area contributed by atoms with Gasteiger partial charge in [-0.15, -0.1) is 0 Å². The van der Waals surface area contributed by atoms with Crippen LogP contribution in [0.1, 0.15) is 12.5 Å². The number of nitrogens with zero attached hydrogens (tertiary/aromatic N) is 2. The highest BCUT2D eigenvalue weighted by atomic mass is 35.5. The Kier molecular flexibility index (Phi) is 4.82. The van der Waals surface area contributed by atoms with Gasteiger partial charge in [0.25, 0.3) is 0 Å². The van der Waals surface area contributed by atoms with Crippen LogP contribution >= 0.6 is 23.2 Å². The molecule has 1 heterocycles. The number of anilines is 1. The first-order valence-corrected chi connectivity index (χ1v) is 6.58. The molecule has 0 saturated carbocycles. The second-order valence-electron chi connectivity index (χ2n) is 3.80. The van der Waals surface area contributed by atoms with Crippen LogP contribution in [0.2, 0.25) is 10.0 Å². The minimum atomic E-state index is 0.350. The predicted octanol–water partition coefficient (Wildman–Crippen LogP) is 3.79. The van der Waals surface area contributed by atoms with E-state index >= 15 is 0 Å². The smallest absolute Gasteiger partial charge is 0.237 e. The number of halogens is 2. The molecule has 0 fully saturated rings. The van der Waals surface area contributed by atoms with Gasteiger partial charge in [-0.1, -0.05) is 35.3 Å². The number of aromatic nitrogens is 2. The third-order valence-corrected chi connectivity index (χ3v) is 2.81. The summed E-state index contributed by atoms with van der Waals surface area (Å²) in [5.74, 6) is 0.848. The molecule has 19 heavy (non-hydrogen) atoms. The Morgan fingerprint density at radius 2 is 2.16 bits per heavy atom. The van der Waals surface area contributed by atoms with E-state index in [-0.39, 0.29) is 0 Å². The van der Waals surface area contributed by atoms with E-state index in [1.165, 1.54) is 6.20 Å². The molecule has 0 atom stereocenters. The zero-order valence-electron chi connectivity index (χ0n) is 10.4. The number of rotatable bonds is 5. The summed E-state index contributed by atoms with van der Waals surface area (Å²) in [4.78, 5) is 8.23. The number of ether oxygens (including phenoxy) is 1. The van der Waals surface area contributed by atoms with E-state index in [1.807, 2.05) is 31.2 Å². The van der Waals surface area contributed by atoms with Crippen molar-refractivity contribution in [1.29, 1.82) is 0 Å². The van der Waals surface area contributed by atoms with Crippen LogP contribution < -0.4 is 10.1 Å². The highest BCUT2D eigenvalue weighted by Crippen LogP contribution is 2.23. The lowest BCUT2D eigenvalue weighted by molar-refractivity contribution is 0.294. The summed E-state index contributed by atoms with van der Waals surface area (Å²) < 4.78 is 5.58. The summed E-state index contributed by atoms with van der Waals surface area (Å²) in [7, 11) is 0. The molecular formula is C13H13Cl2N3O. The SMILES string of the molecule is CCNc1ncc(Cl)c(OCc2cccc(Cl)c2)n1. The van der Waals surface area contributed by atoms with Gasteiger partial charge in [-0.05, 0) is 24.6 Å². The molecule has 2 rings (SSSR count). The van der Waals surface area contributed by atoms with Gasteiger partial charge < -0.3 is 10.1 Å². The maximum atomic E-state index is 5.99. The number of nitrogens with one attached hydrogen (secondary N) is 1. The first-order chi connectivity index (χ1) is 9.19. The molecule has 0 amide bonds. The average molecular weight is 298 g/mol. The Balaban J connectivity index is 2.08. The van der Waals surface area contributed by atoms with Crippen LogP contribution in [0.15, 0.2) is 30.5 Å². The zero-order valence-corrected chi connectivity index (χ0v) is 11.9. The fourth-order valence-corrected chi connectivity index (χ4v) is 1.83. The lowest BCUT2D eigenvalue weighted by Crippen LogP contribution is -2.04. The molecule has 0 unspecified atom stereocenters. The molecule has 6 heteroatoms. The maximum Gasteiger partial charge on any atom is 0.237 e. The third kappa shape index (κ3) is 3.98. The fraction of sp³-hybridized carbons (Fsp3) is 0.231. The van der Waals surface area contributed by atoms with E-state index in [2.05, 4.69) is 15.3 Å². The molecule has 1 aromatic heterocycles. The van der Waals surface area contributed by atoms with Gasteiger partial charge in [0, 0.05) is 11.6 Å². The van der Waals surface area contributed by atoms with Crippen LogP contribution in [-0.4, -0.2) is 16.5 Å². The van der Waals surface area contributed by atoms with Gasteiger partial charge in [-0.25, -0.2) is 4.98 Å². The predicted molar refractivity (Wildman–Crippen MR) is 77.0 cm³/mol. The Labute approximate surface area is 121 Å². The molecule has 100 valence electrons. The largest absolute Gasteiger partial charge is 0.472 e. The fourth-order valence-electron chi connectivity index (χ4n) is 1.47. The molecule has 0 aliphatic heterocycles. The van der Waals surface area contributed by atoms with Crippen molar-refractivity contribution >= 4 is 29.2 Å². The summed E-state index contributed by atoms with van der Waals surface area (Å²) in [6.07, 6.45) is 1.51. The van der Waals surface area contributed by atoms with Crippen molar-refractivity contribution in [3.8, 4) is 5.88 Å². The first kappa shape index (κ1) is 13.9. The van der Waals surface area contributed by atoms with E-state index in [9.17, 15) is 0 Å². The monoisotopic (exact) mass is 297 g/mol. The molecule has 0 saturated heterocycles. The number of hydrogen-bond acceptors (Lipinski definition) is 4. The second kappa shape index (κ2) is 6.59. The lowest BCUT2D eigenvalue weighted by atomic mass is 10.2. The normalized spacial score (nSPS) is 10.3. The molecule has 1 aromatic carbocycles. The topological polar surface area (TPSA) is 47.0 Å². The van der Waals surface area contributed by atoms with Gasteiger partial charge in [0.15, 0.2) is 0 Å². The van der Waals surface area contributed by atoms with Crippen LogP contribution in [-0.2, 0) is 6.61 Å². The van der Waals surface area contributed by atoms with E-state index in [4.69, 9.17) is 27.9 Å². The van der Waals surface area contributed by atoms with Crippen molar-refractivity contribution in [3.05, 3.63) is 46.1 Å². The molecule has 1 N–H and O–H groups in total. The van der Waals surface area contributed by atoms with Crippen molar-refractivity contribution in [2.24, 2.45) is 0 Å². The average Bonchev–Trinajstić information content (AvgIpc) is 2.40. The highest BCUT2D eigenvalue weighted by molar-refractivity contribution is 6.31. The van der Waals surface area contributed by atoms with Crippen molar-refractivity contribution in [2.45, 2.75) is 13.5 Å². The van der Waals surface area contributed by atoms with Crippen LogP contribution in [0.5, 0.6) is 5.88 Å². The Hall–Kier alpha value is -1.52. The van der Waals surface area contributed by atoms with Gasteiger partial charge in [0.05, 0.1) is 6.20 Å². The quantitative estimate of drug-likeness (QED) is 0.912. The van der Waals surface area contributed by atoms with Crippen LogP contribution in [0.25, 0.3) is 0 Å². The maximum absolute atomic E-state index is 5.99. The summed E-state index contributed by atoms with van der Waals surface area (Å²) >= 11 is 11.9. The van der Waals surface area contributed by atoms with E-state index in [0.29, 0.717) is 28.5 Å². The van der Waals surface area contributed by atoms with Crippen molar-refractivity contribution < 1.29 is 4.74 Å². The van der Waals surface area contributed by atoms with E-state index < -0.39 is 0 Å². The first-order valence-electron chi connectivity index (χ1n) is 5.82. The summed E-state index contributed by atoms with van der Waals surface area (Å²) in [6, 6.07) is 7.44. The van der Waals surface area contributed by atoms with Crippen LogP contribution in [0, 0.1) is 0 Å². The summed E-state index contributed by atoms with van der Waals surface area (Å²) in [5.41, 5.74) is 0.951. The molecular weight excluding hydrogens is 285 g/mol. The van der Waals surface area contributed by atoms with Gasteiger partial charge in [0.1, 0.15) is 11.6 Å². The van der Waals surface area contributed by atoms with Crippen LogP contribution in [0.3, 0.4) is 0 Å². The Morgan fingerprint density at radius 1 is 1.32 bits per heavy atom. The Morgan fingerprint density at radius 3 is 2.89 bits per heavy atom. The molecule has 4 nitrogen and oxygen atoms in total. The lowest BCUT2D eigenvalue weighted by Gasteiger charge is -2.09. The summed E-state index contributed by atoms with van der Waals surface area (Å²) in [6.45, 7) is 3.04. The minimum absolute atomic E-state index is 0.350. The highest BCUT2D eigenvalue weighted by Gasteiger charge is 2.06. The number of hydrogen-bond donors (Lipinski definition) is 1. The van der Waals surface area contributed by atoms with Gasteiger partial charge >= 0.3 is 0 Å². The third-order valence-electron chi connectivity index (χ3n) is 2.31. The number of benzene rings is 1. The molecule has 2 aromatic rings. The van der Waals surface area contributed by atoms with E-state index in [1.54, 1.807) is 0 Å². The minimum Gasteiger partial charge on any atom is -0.472 e. The summed E-state index contributed by atoms with van der Waals surface area (Å²) in [5, 5.41) is 4.05. The molecule has 0 bridgehead atoms. The molecule has 0 spiro atoms. The van der Waals surface area contributed by atoms with Gasteiger partial charge in [0.2, 0.25) is 11.8 Å². The second-order valence-corrected chi connectivity index (χ2v) is 4.64. The molecule has 0 aliphatic rings. The van der Waals surface area contributed by atoms with Crippen molar-refractivity contribution in [1.82, 2.24) is 9.97 Å². The van der Waals surface area contributed by atoms with Crippen LogP contribution in [0.4, 0.5) is 5.95 Å². The molecule has 0 aliphatic carbocycles. The van der Waals surface area contributed by atoms with Crippen molar-refractivity contribution in [2.75, 3.05) is 11.9 Å².